The lowest BCUT2D eigenvalue weighted by atomic mass is 9.91. The van der Waals surface area contributed by atoms with Crippen LogP contribution in [0.3, 0.4) is 0 Å². The summed E-state index contributed by atoms with van der Waals surface area (Å²) < 4.78 is 50.9. The van der Waals surface area contributed by atoms with Crippen molar-refractivity contribution in [2.75, 3.05) is 32.7 Å². The lowest BCUT2D eigenvalue weighted by molar-refractivity contribution is -0.143. The Morgan fingerprint density at radius 3 is 2.14 bits per heavy atom. The number of aryl methyl sites for hydroxylation is 2. The number of allylic oxidation sites excluding steroid dienone is 1. The number of esters is 1. The Balaban J connectivity index is 2.75. The van der Waals surface area contributed by atoms with Crippen molar-refractivity contribution in [1.29, 1.82) is 0 Å². The maximum Gasteiger partial charge on any atom is 0.378 e. The highest BCUT2D eigenvalue weighted by atomic mass is 31.2. The zero-order valence-electron chi connectivity index (χ0n) is 27.5. The number of hydrogen-bond donors (Lipinski definition) is 0. The van der Waals surface area contributed by atoms with Gasteiger partial charge in [-0.3, -0.25) is 9.36 Å². The molecule has 0 aliphatic carbocycles. The molecule has 2 atom stereocenters. The van der Waals surface area contributed by atoms with E-state index in [4.69, 9.17) is 18.3 Å². The second kappa shape index (κ2) is 17.7. The van der Waals surface area contributed by atoms with Crippen LogP contribution in [0.1, 0.15) is 89.3 Å². The molecule has 0 spiro atoms. The summed E-state index contributed by atoms with van der Waals surface area (Å²) in [5, 5.41) is 0. The molecule has 0 aliphatic rings. The SMILES string of the molecule is C=C(C)c1ccc(C)cc1-c1c(OP(C)(=O)CCCC(=O)OCC)cc(CCCCC)cc1OP(=O)(CCCC(C)=O)OC. The van der Waals surface area contributed by atoms with E-state index in [1.54, 1.807) is 13.6 Å². The largest absolute Gasteiger partial charge is 0.466 e. The Hall–Kier alpha value is -2.66. The number of carbonyl (C=O) groups excluding carboxylic acids is 2. The van der Waals surface area contributed by atoms with Crippen LogP contribution < -0.4 is 9.05 Å². The van der Waals surface area contributed by atoms with Crippen LogP contribution in [0.15, 0.2) is 36.9 Å². The van der Waals surface area contributed by atoms with Gasteiger partial charge in [-0.1, -0.05) is 55.7 Å². The van der Waals surface area contributed by atoms with E-state index >= 15 is 0 Å². The Labute approximate surface area is 263 Å². The van der Waals surface area contributed by atoms with E-state index in [2.05, 4.69) is 13.5 Å². The summed E-state index contributed by atoms with van der Waals surface area (Å²) in [7, 11) is -5.61. The van der Waals surface area contributed by atoms with Crippen molar-refractivity contribution in [2.45, 2.75) is 86.0 Å². The minimum Gasteiger partial charge on any atom is -0.466 e. The van der Waals surface area contributed by atoms with Gasteiger partial charge in [0.25, 0.3) is 0 Å². The van der Waals surface area contributed by atoms with Gasteiger partial charge in [-0.25, -0.2) is 4.57 Å². The first kappa shape index (κ1) is 37.5. The molecular formula is C34H50O8P2. The molecule has 0 amide bonds. The van der Waals surface area contributed by atoms with Gasteiger partial charge in [-0.2, -0.15) is 0 Å². The molecule has 2 aromatic carbocycles. The number of ketones is 1. The number of rotatable bonds is 20. The Kier molecular flexibility index (Phi) is 15.1. The fourth-order valence-electron chi connectivity index (χ4n) is 4.86. The molecule has 10 heteroatoms. The Morgan fingerprint density at radius 2 is 1.55 bits per heavy atom. The van der Waals surface area contributed by atoms with Gasteiger partial charge in [0, 0.05) is 32.8 Å². The summed E-state index contributed by atoms with van der Waals surface area (Å²) in [4.78, 5) is 23.5. The van der Waals surface area contributed by atoms with Gasteiger partial charge in [0.2, 0.25) is 7.37 Å². The third kappa shape index (κ3) is 12.0. The van der Waals surface area contributed by atoms with Crippen LogP contribution in [0.2, 0.25) is 0 Å². The first-order chi connectivity index (χ1) is 20.7. The Morgan fingerprint density at radius 1 is 0.886 bits per heavy atom. The highest BCUT2D eigenvalue weighted by molar-refractivity contribution is 7.58. The van der Waals surface area contributed by atoms with Gasteiger partial charge in [-0.05, 0) is 82.2 Å². The summed E-state index contributed by atoms with van der Waals surface area (Å²) in [6.45, 7) is 15.3. The molecular weight excluding hydrogens is 598 g/mol. The predicted octanol–water partition coefficient (Wildman–Crippen LogP) is 9.65. The zero-order chi connectivity index (χ0) is 32.9. The lowest BCUT2D eigenvalue weighted by Crippen LogP contribution is -2.07. The van der Waals surface area contributed by atoms with Gasteiger partial charge < -0.3 is 23.1 Å². The van der Waals surface area contributed by atoms with Gasteiger partial charge in [-0.15, -0.1) is 0 Å². The van der Waals surface area contributed by atoms with Crippen molar-refractivity contribution in [2.24, 2.45) is 0 Å². The average molecular weight is 649 g/mol. The highest BCUT2D eigenvalue weighted by Gasteiger charge is 2.30. The smallest absolute Gasteiger partial charge is 0.378 e. The van der Waals surface area contributed by atoms with E-state index in [0.717, 1.165) is 47.1 Å². The molecule has 0 N–H and O–H groups in total. The van der Waals surface area contributed by atoms with E-state index in [0.29, 0.717) is 36.3 Å². The predicted molar refractivity (Wildman–Crippen MR) is 179 cm³/mol. The van der Waals surface area contributed by atoms with Crippen LogP contribution in [-0.4, -0.2) is 44.5 Å². The molecule has 0 bridgehead atoms. The summed E-state index contributed by atoms with van der Waals surface area (Å²) in [6.07, 6.45) is 5.01. The van der Waals surface area contributed by atoms with E-state index < -0.39 is 15.0 Å². The quantitative estimate of drug-likeness (QED) is 0.0794. The van der Waals surface area contributed by atoms with Gasteiger partial charge in [0.05, 0.1) is 18.3 Å². The molecule has 244 valence electrons. The average Bonchev–Trinajstić information content (AvgIpc) is 2.92. The van der Waals surface area contributed by atoms with Gasteiger partial charge in [0.1, 0.15) is 17.3 Å². The summed E-state index contributed by atoms with van der Waals surface area (Å²) in [5.41, 5.74) is 4.73. The molecule has 0 saturated carbocycles. The van der Waals surface area contributed by atoms with Crippen LogP contribution in [0, 0.1) is 6.92 Å². The highest BCUT2D eigenvalue weighted by Crippen LogP contribution is 2.55. The third-order valence-electron chi connectivity index (χ3n) is 7.12. The van der Waals surface area contributed by atoms with Crippen LogP contribution in [0.5, 0.6) is 11.5 Å². The van der Waals surface area contributed by atoms with Crippen molar-refractivity contribution in [3.8, 4) is 22.6 Å². The van der Waals surface area contributed by atoms with E-state index in [-0.39, 0.29) is 43.5 Å². The number of ether oxygens (including phenoxy) is 1. The van der Waals surface area contributed by atoms with Crippen molar-refractivity contribution in [3.63, 3.8) is 0 Å². The minimum atomic E-state index is -3.68. The summed E-state index contributed by atoms with van der Waals surface area (Å²) in [6, 6.07) is 9.67. The fourth-order valence-corrected chi connectivity index (χ4v) is 7.58. The number of Topliss-reactive ketones (excluding diaryl/α,β-unsaturated/α-hetero) is 1. The van der Waals surface area contributed by atoms with Gasteiger partial charge >= 0.3 is 13.6 Å². The number of carbonyl (C=O) groups is 2. The van der Waals surface area contributed by atoms with Gasteiger partial charge in [0.15, 0.2) is 0 Å². The van der Waals surface area contributed by atoms with E-state index in [1.807, 2.05) is 44.2 Å². The maximum atomic E-state index is 13.9. The summed E-state index contributed by atoms with van der Waals surface area (Å²) in [5.74, 6) is 0.291. The van der Waals surface area contributed by atoms with Crippen LogP contribution in [-0.2, 0) is 34.4 Å². The standard InChI is InChI=1S/C34H50O8P2/c1-9-11-12-16-28-23-31(41-43(8,37)20-14-17-33(36)40-10-2)34(30-22-26(5)18-19-29(30)25(3)4)32(24-28)42-44(38,39-7)21-13-15-27(6)35/h18-19,22-24H,3,9-17,20-21H2,1-2,4-8H3. The van der Waals surface area contributed by atoms with Crippen LogP contribution in [0.4, 0.5) is 0 Å². The zero-order valence-corrected chi connectivity index (χ0v) is 29.3. The third-order valence-corrected chi connectivity index (χ3v) is 10.7. The molecule has 44 heavy (non-hydrogen) atoms. The Bertz CT molecular complexity index is 1400. The monoisotopic (exact) mass is 648 g/mol. The number of unbranched alkanes of at least 4 members (excludes halogenated alkanes) is 2. The first-order valence-electron chi connectivity index (χ1n) is 15.4. The number of benzene rings is 2. The second-order valence-corrected chi connectivity index (χ2v) is 16.3. The molecule has 0 fully saturated rings. The fraction of sp³-hybridized carbons (Fsp3) is 0.529. The van der Waals surface area contributed by atoms with Crippen molar-refractivity contribution >= 4 is 32.3 Å². The minimum absolute atomic E-state index is 0.00512. The molecule has 0 saturated heterocycles. The van der Waals surface area contributed by atoms with E-state index in [9.17, 15) is 18.7 Å². The van der Waals surface area contributed by atoms with Crippen LogP contribution in [0.25, 0.3) is 16.7 Å². The summed E-state index contributed by atoms with van der Waals surface area (Å²) >= 11 is 0. The molecule has 0 heterocycles. The van der Waals surface area contributed by atoms with Crippen molar-refractivity contribution in [1.82, 2.24) is 0 Å². The van der Waals surface area contributed by atoms with E-state index in [1.165, 1.54) is 14.0 Å². The van der Waals surface area contributed by atoms with Crippen molar-refractivity contribution < 1.29 is 37.0 Å². The second-order valence-electron chi connectivity index (χ2n) is 11.4. The number of hydrogen-bond acceptors (Lipinski definition) is 8. The lowest BCUT2D eigenvalue weighted by Gasteiger charge is -2.25. The molecule has 0 aliphatic heterocycles. The molecule has 8 nitrogen and oxygen atoms in total. The normalized spacial score (nSPS) is 13.9. The molecule has 2 rings (SSSR count). The molecule has 2 aromatic rings. The molecule has 0 radical (unpaired) electrons. The molecule has 0 aromatic heterocycles. The maximum absolute atomic E-state index is 13.9. The molecule has 2 unspecified atom stereocenters. The van der Waals surface area contributed by atoms with Crippen molar-refractivity contribution in [3.05, 3.63) is 53.6 Å². The first-order valence-corrected chi connectivity index (χ1v) is 19.4. The topological polar surface area (TPSA) is 105 Å². The van der Waals surface area contributed by atoms with Crippen LogP contribution >= 0.6 is 15.0 Å².